The third kappa shape index (κ3) is 2.93. The lowest BCUT2D eigenvalue weighted by Crippen LogP contribution is -2.35. The average molecular weight is 297 g/mol. The van der Waals surface area contributed by atoms with Crippen LogP contribution in [-0.4, -0.2) is 28.2 Å². The lowest BCUT2D eigenvalue weighted by molar-refractivity contribution is 0.354. The summed E-state index contributed by atoms with van der Waals surface area (Å²) in [7, 11) is 0. The van der Waals surface area contributed by atoms with Crippen LogP contribution >= 0.6 is 0 Å². The molecule has 2 aromatic heterocycles. The van der Waals surface area contributed by atoms with E-state index in [1.165, 1.54) is 0 Å². The van der Waals surface area contributed by atoms with Crippen LogP contribution in [0.15, 0.2) is 22.9 Å². The molecule has 1 atom stereocenters. The van der Waals surface area contributed by atoms with Crippen molar-refractivity contribution < 1.29 is 4.52 Å². The Morgan fingerprint density at radius 3 is 2.91 bits per heavy atom. The van der Waals surface area contributed by atoms with Crippen molar-refractivity contribution in [2.24, 2.45) is 0 Å². The fourth-order valence-corrected chi connectivity index (χ4v) is 2.68. The second kappa shape index (κ2) is 6.14. The Labute approximate surface area is 129 Å². The van der Waals surface area contributed by atoms with Gasteiger partial charge < -0.3 is 9.42 Å². The molecule has 6 nitrogen and oxygen atoms in total. The van der Waals surface area contributed by atoms with Crippen LogP contribution < -0.4 is 4.90 Å². The van der Waals surface area contributed by atoms with Crippen molar-refractivity contribution in [1.82, 2.24) is 15.1 Å². The number of anilines is 1. The van der Waals surface area contributed by atoms with Crippen LogP contribution in [0.25, 0.3) is 0 Å². The highest BCUT2D eigenvalue weighted by Crippen LogP contribution is 2.28. The minimum Gasteiger partial charge on any atom is -0.356 e. The Hall–Kier alpha value is -2.42. The van der Waals surface area contributed by atoms with E-state index in [2.05, 4.69) is 26.1 Å². The fraction of sp³-hybridized carbons (Fsp3) is 0.500. The smallest absolute Gasteiger partial charge is 0.229 e. The molecule has 1 aliphatic heterocycles. The van der Waals surface area contributed by atoms with Crippen molar-refractivity contribution >= 4 is 5.82 Å². The zero-order valence-electron chi connectivity index (χ0n) is 12.9. The first kappa shape index (κ1) is 14.5. The molecule has 0 amide bonds. The number of aromatic nitrogens is 3. The maximum atomic E-state index is 8.85. The molecule has 0 unspecified atom stereocenters. The fourth-order valence-electron chi connectivity index (χ4n) is 2.68. The highest BCUT2D eigenvalue weighted by Gasteiger charge is 2.26. The van der Waals surface area contributed by atoms with Gasteiger partial charge in [0.15, 0.2) is 5.82 Å². The lowest BCUT2D eigenvalue weighted by atomic mass is 9.97. The van der Waals surface area contributed by atoms with Crippen molar-refractivity contribution in [3.63, 3.8) is 0 Å². The number of piperidine rings is 1. The molecule has 0 spiro atoms. The summed E-state index contributed by atoms with van der Waals surface area (Å²) in [6, 6.07) is 5.79. The minimum atomic E-state index is 0.251. The van der Waals surface area contributed by atoms with E-state index in [4.69, 9.17) is 9.78 Å². The van der Waals surface area contributed by atoms with Gasteiger partial charge >= 0.3 is 0 Å². The van der Waals surface area contributed by atoms with Crippen LogP contribution in [0.3, 0.4) is 0 Å². The first-order valence-corrected chi connectivity index (χ1v) is 7.62. The summed E-state index contributed by atoms with van der Waals surface area (Å²) in [5, 5.41) is 13.0. The van der Waals surface area contributed by atoms with Gasteiger partial charge in [0.25, 0.3) is 0 Å². The van der Waals surface area contributed by atoms with Crippen molar-refractivity contribution in [3.8, 4) is 6.07 Å². The Bertz CT molecular complexity index is 671. The number of hydrogen-bond acceptors (Lipinski definition) is 6. The van der Waals surface area contributed by atoms with E-state index in [0.29, 0.717) is 11.5 Å². The number of nitrogens with zero attached hydrogens (tertiary/aromatic N) is 5. The van der Waals surface area contributed by atoms with E-state index in [1.54, 1.807) is 12.3 Å². The molecule has 3 heterocycles. The molecule has 6 heteroatoms. The Kier molecular flexibility index (Phi) is 4.05. The molecule has 22 heavy (non-hydrogen) atoms. The predicted molar refractivity (Wildman–Crippen MR) is 81.5 cm³/mol. The monoisotopic (exact) mass is 297 g/mol. The van der Waals surface area contributed by atoms with E-state index in [1.807, 2.05) is 19.9 Å². The van der Waals surface area contributed by atoms with E-state index < -0.39 is 0 Å². The Balaban J connectivity index is 1.74. The lowest BCUT2D eigenvalue weighted by Gasteiger charge is -2.32. The van der Waals surface area contributed by atoms with Crippen LogP contribution in [0.5, 0.6) is 0 Å². The van der Waals surface area contributed by atoms with Crippen molar-refractivity contribution in [3.05, 3.63) is 35.6 Å². The van der Waals surface area contributed by atoms with E-state index in [-0.39, 0.29) is 11.8 Å². The molecular formula is C16H19N5O. The molecule has 0 saturated carbocycles. The maximum absolute atomic E-state index is 8.85. The molecule has 0 aliphatic carbocycles. The second-order valence-corrected chi connectivity index (χ2v) is 5.95. The van der Waals surface area contributed by atoms with Gasteiger partial charge in [0.2, 0.25) is 5.89 Å². The van der Waals surface area contributed by atoms with Crippen LogP contribution in [0.4, 0.5) is 5.82 Å². The number of pyridine rings is 1. The van der Waals surface area contributed by atoms with Gasteiger partial charge in [-0.1, -0.05) is 19.0 Å². The summed E-state index contributed by atoms with van der Waals surface area (Å²) in [4.78, 5) is 11.1. The Morgan fingerprint density at radius 2 is 2.27 bits per heavy atom. The van der Waals surface area contributed by atoms with Crippen LogP contribution in [0, 0.1) is 11.3 Å². The molecule has 0 aromatic carbocycles. The SMILES string of the molecule is CC(C)c1nc([C@@H]2CCCN(c3ccc(C#N)cn3)C2)no1. The van der Waals surface area contributed by atoms with Gasteiger partial charge in [-0.25, -0.2) is 4.98 Å². The van der Waals surface area contributed by atoms with Crippen molar-refractivity contribution in [1.29, 1.82) is 5.26 Å². The zero-order chi connectivity index (χ0) is 15.5. The summed E-state index contributed by atoms with van der Waals surface area (Å²) >= 11 is 0. The van der Waals surface area contributed by atoms with Gasteiger partial charge in [-0.2, -0.15) is 10.2 Å². The van der Waals surface area contributed by atoms with Crippen LogP contribution in [0.2, 0.25) is 0 Å². The zero-order valence-corrected chi connectivity index (χ0v) is 12.9. The summed E-state index contributed by atoms with van der Waals surface area (Å²) in [5.41, 5.74) is 0.581. The predicted octanol–water partition coefficient (Wildman–Crippen LogP) is 2.84. The van der Waals surface area contributed by atoms with Crippen LogP contribution in [-0.2, 0) is 0 Å². The molecular weight excluding hydrogens is 278 g/mol. The first-order valence-electron chi connectivity index (χ1n) is 7.62. The molecule has 3 rings (SSSR count). The summed E-state index contributed by atoms with van der Waals surface area (Å²) in [6.45, 7) is 5.89. The topological polar surface area (TPSA) is 78.8 Å². The average Bonchev–Trinajstić information content (AvgIpc) is 3.05. The van der Waals surface area contributed by atoms with Crippen molar-refractivity contribution in [2.75, 3.05) is 18.0 Å². The summed E-state index contributed by atoms with van der Waals surface area (Å²) in [5.74, 6) is 2.91. The molecule has 1 fully saturated rings. The molecule has 0 N–H and O–H groups in total. The quantitative estimate of drug-likeness (QED) is 0.866. The minimum absolute atomic E-state index is 0.251. The van der Waals surface area contributed by atoms with E-state index in [9.17, 15) is 0 Å². The number of rotatable bonds is 3. The summed E-state index contributed by atoms with van der Waals surface area (Å²) < 4.78 is 5.32. The largest absolute Gasteiger partial charge is 0.356 e. The third-order valence-electron chi connectivity index (χ3n) is 3.94. The molecule has 0 radical (unpaired) electrons. The molecule has 0 bridgehead atoms. The molecule has 1 saturated heterocycles. The van der Waals surface area contributed by atoms with Gasteiger partial charge in [0.05, 0.1) is 5.56 Å². The number of hydrogen-bond donors (Lipinski definition) is 0. The summed E-state index contributed by atoms with van der Waals surface area (Å²) in [6.07, 6.45) is 3.74. The van der Waals surface area contributed by atoms with Gasteiger partial charge in [-0.3, -0.25) is 0 Å². The number of nitriles is 1. The standard InChI is InChI=1S/C16H19N5O/c1-11(2)16-19-15(20-22-16)13-4-3-7-21(10-13)14-6-5-12(8-17)9-18-14/h5-6,9,11,13H,3-4,7,10H2,1-2H3/t13-/m1/s1. The van der Waals surface area contributed by atoms with E-state index >= 15 is 0 Å². The highest BCUT2D eigenvalue weighted by molar-refractivity contribution is 5.42. The van der Waals surface area contributed by atoms with Gasteiger partial charge in [-0.05, 0) is 25.0 Å². The van der Waals surface area contributed by atoms with Gasteiger partial charge in [0, 0.05) is 31.1 Å². The van der Waals surface area contributed by atoms with Gasteiger partial charge in [0.1, 0.15) is 11.9 Å². The maximum Gasteiger partial charge on any atom is 0.229 e. The first-order chi connectivity index (χ1) is 10.7. The van der Waals surface area contributed by atoms with E-state index in [0.717, 1.165) is 37.6 Å². The Morgan fingerprint density at radius 1 is 1.41 bits per heavy atom. The normalized spacial score (nSPS) is 18.5. The molecule has 2 aromatic rings. The molecule has 1 aliphatic rings. The second-order valence-electron chi connectivity index (χ2n) is 5.95. The van der Waals surface area contributed by atoms with Crippen molar-refractivity contribution in [2.45, 2.75) is 38.5 Å². The molecule has 114 valence electrons. The third-order valence-corrected chi connectivity index (χ3v) is 3.94. The van der Waals surface area contributed by atoms with Crippen LogP contribution in [0.1, 0.15) is 55.8 Å². The van der Waals surface area contributed by atoms with Gasteiger partial charge in [-0.15, -0.1) is 0 Å². The highest BCUT2D eigenvalue weighted by atomic mass is 16.5.